The van der Waals surface area contributed by atoms with Crippen LogP contribution in [0.3, 0.4) is 0 Å². The Bertz CT molecular complexity index is 809. The maximum Gasteiger partial charge on any atom is 0.273 e. The summed E-state index contributed by atoms with van der Waals surface area (Å²) < 4.78 is 10.4. The molecule has 0 unspecified atom stereocenters. The Balaban J connectivity index is 1.79. The number of nitrogens with one attached hydrogen (secondary N) is 3. The third-order valence-electron chi connectivity index (χ3n) is 3.35. The molecule has 0 spiro atoms. The number of carbonyl (C=O) groups excluding carboxylic acids is 1. The molecule has 0 bridgehead atoms. The number of anilines is 1. The Hall–Kier alpha value is -3.22. The van der Waals surface area contributed by atoms with Gasteiger partial charge in [-0.3, -0.25) is 9.89 Å². The number of carbonyl (C=O) groups is 1. The van der Waals surface area contributed by atoms with E-state index in [1.165, 1.54) is 7.11 Å². The highest BCUT2D eigenvalue weighted by molar-refractivity contribution is 6.04. The van der Waals surface area contributed by atoms with Crippen molar-refractivity contribution >= 4 is 11.6 Å². The van der Waals surface area contributed by atoms with Gasteiger partial charge in [0, 0.05) is 12.3 Å². The number of aromatic nitrogens is 3. The molecule has 0 aliphatic carbocycles. The minimum absolute atomic E-state index is 0.307. The zero-order chi connectivity index (χ0) is 16.2. The Morgan fingerprint density at radius 2 is 2.04 bits per heavy atom. The molecule has 7 nitrogen and oxygen atoms in total. The number of amides is 1. The Kier molecular flexibility index (Phi) is 4.01. The van der Waals surface area contributed by atoms with Crippen LogP contribution in [0, 0.1) is 0 Å². The molecule has 0 saturated heterocycles. The lowest BCUT2D eigenvalue weighted by molar-refractivity contribution is 0.102. The number of rotatable bonds is 5. The number of aromatic amines is 2. The summed E-state index contributed by atoms with van der Waals surface area (Å²) in [6, 6.07) is 10.6. The molecule has 1 aromatic carbocycles. The zero-order valence-corrected chi connectivity index (χ0v) is 12.7. The first kappa shape index (κ1) is 14.7. The van der Waals surface area contributed by atoms with Crippen LogP contribution in [0.1, 0.15) is 10.5 Å². The summed E-state index contributed by atoms with van der Waals surface area (Å²) in [6.45, 7) is 0. The summed E-state index contributed by atoms with van der Waals surface area (Å²) in [5, 5.41) is 9.64. The molecule has 0 radical (unpaired) electrons. The van der Waals surface area contributed by atoms with Crippen molar-refractivity contribution in [3.05, 3.63) is 48.3 Å². The molecule has 1 amide bonds. The smallest absolute Gasteiger partial charge is 0.273 e. The van der Waals surface area contributed by atoms with Crippen molar-refractivity contribution in [2.45, 2.75) is 0 Å². The molecule has 118 valence electrons. The van der Waals surface area contributed by atoms with Gasteiger partial charge in [0.05, 0.1) is 25.6 Å². The van der Waals surface area contributed by atoms with Gasteiger partial charge >= 0.3 is 0 Å². The van der Waals surface area contributed by atoms with E-state index in [1.807, 2.05) is 12.1 Å². The largest absolute Gasteiger partial charge is 0.497 e. The molecule has 0 aliphatic heterocycles. The second kappa shape index (κ2) is 6.27. The molecule has 7 heteroatoms. The average Bonchev–Trinajstić information content (AvgIpc) is 3.26. The Morgan fingerprint density at radius 1 is 1.17 bits per heavy atom. The maximum absolute atomic E-state index is 12.3. The van der Waals surface area contributed by atoms with Crippen LogP contribution in [-0.2, 0) is 0 Å². The van der Waals surface area contributed by atoms with Gasteiger partial charge in [0.15, 0.2) is 0 Å². The highest BCUT2D eigenvalue weighted by Crippen LogP contribution is 2.29. The van der Waals surface area contributed by atoms with Crippen LogP contribution >= 0.6 is 0 Å². The Morgan fingerprint density at radius 3 is 2.74 bits per heavy atom. The van der Waals surface area contributed by atoms with Crippen molar-refractivity contribution in [3.63, 3.8) is 0 Å². The van der Waals surface area contributed by atoms with Crippen LogP contribution < -0.4 is 14.8 Å². The number of nitrogens with zero attached hydrogens (tertiary/aromatic N) is 1. The first-order chi connectivity index (χ1) is 11.2. The van der Waals surface area contributed by atoms with E-state index in [1.54, 1.807) is 37.6 Å². The average molecular weight is 312 g/mol. The number of H-pyrrole nitrogens is 2. The van der Waals surface area contributed by atoms with Crippen LogP contribution in [0.5, 0.6) is 11.5 Å². The maximum atomic E-state index is 12.3. The molecule has 0 atom stereocenters. The summed E-state index contributed by atoms with van der Waals surface area (Å²) in [6.07, 6.45) is 1.80. The van der Waals surface area contributed by atoms with E-state index in [2.05, 4.69) is 20.5 Å². The molecule has 0 saturated carbocycles. The van der Waals surface area contributed by atoms with Crippen molar-refractivity contribution in [1.29, 1.82) is 0 Å². The molecule has 3 rings (SSSR count). The molecule has 23 heavy (non-hydrogen) atoms. The third-order valence-corrected chi connectivity index (χ3v) is 3.35. The number of hydrogen-bond donors (Lipinski definition) is 3. The first-order valence-corrected chi connectivity index (χ1v) is 6.94. The van der Waals surface area contributed by atoms with Crippen LogP contribution in [0.2, 0.25) is 0 Å². The topological polar surface area (TPSA) is 92.0 Å². The SMILES string of the molecule is COc1ccc(NC(=O)c2cc(-c3ccc[nH]3)n[nH]2)c(OC)c1. The van der Waals surface area contributed by atoms with Gasteiger partial charge in [-0.05, 0) is 30.3 Å². The standard InChI is InChI=1S/C16H16N4O3/c1-22-10-5-6-12(15(8-10)23-2)18-16(21)14-9-13(19-20-14)11-4-3-7-17-11/h3-9,17H,1-2H3,(H,18,21)(H,19,20). The van der Waals surface area contributed by atoms with Crippen LogP contribution in [0.25, 0.3) is 11.4 Å². The van der Waals surface area contributed by atoms with E-state index in [9.17, 15) is 4.79 Å². The normalized spacial score (nSPS) is 10.3. The summed E-state index contributed by atoms with van der Waals surface area (Å²) in [4.78, 5) is 15.4. The monoisotopic (exact) mass is 312 g/mol. The van der Waals surface area contributed by atoms with Crippen molar-refractivity contribution in [2.24, 2.45) is 0 Å². The molecule has 2 aromatic heterocycles. The first-order valence-electron chi connectivity index (χ1n) is 6.94. The fourth-order valence-corrected chi connectivity index (χ4v) is 2.16. The lowest BCUT2D eigenvalue weighted by Gasteiger charge is -2.10. The number of benzene rings is 1. The minimum Gasteiger partial charge on any atom is -0.497 e. The van der Waals surface area contributed by atoms with Crippen LogP contribution in [0.4, 0.5) is 5.69 Å². The molecular weight excluding hydrogens is 296 g/mol. The second-order valence-electron chi connectivity index (χ2n) is 4.77. The molecule has 0 fully saturated rings. The van der Waals surface area contributed by atoms with E-state index in [-0.39, 0.29) is 5.91 Å². The summed E-state index contributed by atoms with van der Waals surface area (Å²) in [5.41, 5.74) is 2.41. The highest BCUT2D eigenvalue weighted by Gasteiger charge is 2.14. The van der Waals surface area contributed by atoms with Crippen molar-refractivity contribution in [3.8, 4) is 22.9 Å². The number of methoxy groups -OCH3 is 2. The fraction of sp³-hybridized carbons (Fsp3) is 0.125. The second-order valence-corrected chi connectivity index (χ2v) is 4.77. The van der Waals surface area contributed by atoms with Gasteiger partial charge in [0.2, 0.25) is 0 Å². The van der Waals surface area contributed by atoms with E-state index >= 15 is 0 Å². The predicted octanol–water partition coefficient (Wildman–Crippen LogP) is 2.67. The van der Waals surface area contributed by atoms with Crippen molar-refractivity contribution in [2.75, 3.05) is 19.5 Å². The molecular formula is C16H16N4O3. The van der Waals surface area contributed by atoms with Crippen molar-refractivity contribution < 1.29 is 14.3 Å². The van der Waals surface area contributed by atoms with E-state index in [4.69, 9.17) is 9.47 Å². The molecule has 0 aliphatic rings. The minimum atomic E-state index is -0.307. The van der Waals surface area contributed by atoms with Crippen LogP contribution in [0.15, 0.2) is 42.6 Å². The zero-order valence-electron chi connectivity index (χ0n) is 12.7. The van der Waals surface area contributed by atoms with E-state index < -0.39 is 0 Å². The van der Waals surface area contributed by atoms with Gasteiger partial charge in [-0.1, -0.05) is 0 Å². The molecule has 3 aromatic rings. The lowest BCUT2D eigenvalue weighted by atomic mass is 10.2. The number of ether oxygens (including phenoxy) is 2. The van der Waals surface area contributed by atoms with Gasteiger partial charge in [-0.2, -0.15) is 5.10 Å². The third kappa shape index (κ3) is 3.03. The van der Waals surface area contributed by atoms with Gasteiger partial charge < -0.3 is 19.8 Å². The van der Waals surface area contributed by atoms with Gasteiger partial charge in [0.25, 0.3) is 5.91 Å². The summed E-state index contributed by atoms with van der Waals surface area (Å²) in [5.74, 6) is 0.857. The molecule has 3 N–H and O–H groups in total. The van der Waals surface area contributed by atoms with Gasteiger partial charge in [-0.15, -0.1) is 0 Å². The predicted molar refractivity (Wildman–Crippen MR) is 85.9 cm³/mol. The number of hydrogen-bond acceptors (Lipinski definition) is 4. The fourth-order valence-electron chi connectivity index (χ4n) is 2.16. The summed E-state index contributed by atoms with van der Waals surface area (Å²) >= 11 is 0. The van der Waals surface area contributed by atoms with Gasteiger partial charge in [0.1, 0.15) is 22.9 Å². The van der Waals surface area contributed by atoms with Gasteiger partial charge in [-0.25, -0.2) is 0 Å². The van der Waals surface area contributed by atoms with E-state index in [0.29, 0.717) is 28.6 Å². The van der Waals surface area contributed by atoms with E-state index in [0.717, 1.165) is 5.69 Å². The lowest BCUT2D eigenvalue weighted by Crippen LogP contribution is -2.13. The highest BCUT2D eigenvalue weighted by atomic mass is 16.5. The quantitative estimate of drug-likeness (QED) is 0.675. The van der Waals surface area contributed by atoms with Crippen molar-refractivity contribution in [1.82, 2.24) is 15.2 Å². The van der Waals surface area contributed by atoms with Crippen LogP contribution in [-0.4, -0.2) is 35.3 Å². The molecule has 2 heterocycles. The Labute approximate surface area is 132 Å². The summed E-state index contributed by atoms with van der Waals surface area (Å²) in [7, 11) is 3.10.